The fraction of sp³-hybridized carbons (Fsp3) is 0.333. The van der Waals surface area contributed by atoms with Gasteiger partial charge in [0.15, 0.2) is 17.3 Å². The Bertz CT molecular complexity index is 885. The van der Waals surface area contributed by atoms with E-state index in [9.17, 15) is 9.59 Å². The molecule has 1 amide bonds. The lowest BCUT2D eigenvalue weighted by Gasteiger charge is -2.21. The lowest BCUT2D eigenvalue weighted by molar-refractivity contribution is -0.131. The molecule has 0 saturated carbocycles. The molecule has 0 bridgehead atoms. The van der Waals surface area contributed by atoms with E-state index < -0.39 is 0 Å². The summed E-state index contributed by atoms with van der Waals surface area (Å²) in [5, 5.41) is 0.932. The van der Waals surface area contributed by atoms with Crippen molar-refractivity contribution in [1.29, 1.82) is 0 Å². The first kappa shape index (κ1) is 20.5. The van der Waals surface area contributed by atoms with Crippen LogP contribution in [0.25, 0.3) is 0 Å². The van der Waals surface area contributed by atoms with Crippen molar-refractivity contribution in [2.75, 3.05) is 19.8 Å². The zero-order valence-electron chi connectivity index (χ0n) is 15.5. The van der Waals surface area contributed by atoms with E-state index in [0.29, 0.717) is 53.4 Å². The van der Waals surface area contributed by atoms with Crippen molar-refractivity contribution in [2.45, 2.75) is 26.3 Å². The van der Waals surface area contributed by atoms with Gasteiger partial charge in [-0.15, -0.1) is 0 Å². The summed E-state index contributed by atoms with van der Waals surface area (Å²) in [6.45, 7) is 3.82. The van der Waals surface area contributed by atoms with Crippen LogP contribution in [-0.4, -0.2) is 36.3 Å². The third-order valence-corrected chi connectivity index (χ3v) is 5.26. The molecule has 0 aliphatic carbocycles. The summed E-state index contributed by atoms with van der Waals surface area (Å²) in [6, 6.07) is 10.4. The Morgan fingerprint density at radius 3 is 2.43 bits per heavy atom. The van der Waals surface area contributed by atoms with Crippen LogP contribution >= 0.6 is 23.2 Å². The van der Waals surface area contributed by atoms with Gasteiger partial charge in [0.1, 0.15) is 13.2 Å². The van der Waals surface area contributed by atoms with Gasteiger partial charge in [0.05, 0.1) is 10.0 Å². The maximum Gasteiger partial charge on any atom is 0.223 e. The van der Waals surface area contributed by atoms with Gasteiger partial charge < -0.3 is 14.4 Å². The lowest BCUT2D eigenvalue weighted by Crippen LogP contribution is -2.30. The molecule has 0 N–H and O–H groups in total. The number of benzene rings is 2. The molecule has 2 aromatic carbocycles. The number of hydrogen-bond donors (Lipinski definition) is 0. The summed E-state index contributed by atoms with van der Waals surface area (Å²) in [5.41, 5.74) is 1.41. The van der Waals surface area contributed by atoms with Gasteiger partial charge in [0.2, 0.25) is 5.91 Å². The Hall–Kier alpha value is -2.24. The molecule has 0 radical (unpaired) electrons. The van der Waals surface area contributed by atoms with E-state index in [1.807, 2.05) is 13.0 Å². The molecular weight excluding hydrogens is 401 g/mol. The number of nitrogens with zero attached hydrogens (tertiary/aromatic N) is 1. The van der Waals surface area contributed by atoms with Crippen LogP contribution in [0.1, 0.15) is 35.7 Å². The molecule has 2 aromatic rings. The zero-order valence-corrected chi connectivity index (χ0v) is 17.1. The van der Waals surface area contributed by atoms with Gasteiger partial charge in [0, 0.05) is 31.5 Å². The topological polar surface area (TPSA) is 55.8 Å². The minimum Gasteiger partial charge on any atom is -0.486 e. The second-order valence-electron chi connectivity index (χ2n) is 6.44. The number of halogens is 2. The van der Waals surface area contributed by atoms with Crippen molar-refractivity contribution in [2.24, 2.45) is 0 Å². The second kappa shape index (κ2) is 9.30. The SMILES string of the molecule is CCN(Cc1ccc(Cl)c(Cl)c1)C(=O)CCC(=O)c1ccc2c(c1)OCCO2. The van der Waals surface area contributed by atoms with E-state index in [1.54, 1.807) is 35.2 Å². The number of rotatable bonds is 7. The summed E-state index contributed by atoms with van der Waals surface area (Å²) in [5.74, 6) is 1.02. The van der Waals surface area contributed by atoms with E-state index in [1.165, 1.54) is 0 Å². The molecule has 148 valence electrons. The molecule has 0 atom stereocenters. The largest absolute Gasteiger partial charge is 0.486 e. The summed E-state index contributed by atoms with van der Waals surface area (Å²) in [4.78, 5) is 26.7. The Balaban J connectivity index is 1.58. The highest BCUT2D eigenvalue weighted by Crippen LogP contribution is 2.31. The second-order valence-corrected chi connectivity index (χ2v) is 7.25. The van der Waals surface area contributed by atoms with Gasteiger partial charge in [-0.1, -0.05) is 29.3 Å². The number of fused-ring (bicyclic) bond motifs is 1. The Morgan fingerprint density at radius 1 is 0.964 bits per heavy atom. The number of hydrogen-bond acceptors (Lipinski definition) is 4. The van der Waals surface area contributed by atoms with Crippen LogP contribution in [0.2, 0.25) is 10.0 Å². The van der Waals surface area contributed by atoms with Crippen LogP contribution in [-0.2, 0) is 11.3 Å². The Labute approximate surface area is 174 Å². The lowest BCUT2D eigenvalue weighted by atomic mass is 10.1. The van der Waals surface area contributed by atoms with Gasteiger partial charge in [-0.25, -0.2) is 0 Å². The fourth-order valence-corrected chi connectivity index (χ4v) is 3.30. The summed E-state index contributed by atoms with van der Waals surface area (Å²) >= 11 is 12.0. The molecule has 1 aliphatic heterocycles. The molecule has 28 heavy (non-hydrogen) atoms. The van der Waals surface area contributed by atoms with Gasteiger partial charge in [-0.05, 0) is 42.8 Å². The predicted molar refractivity (Wildman–Crippen MR) is 109 cm³/mol. The molecule has 1 heterocycles. The molecule has 0 aromatic heterocycles. The maximum absolute atomic E-state index is 12.6. The van der Waals surface area contributed by atoms with Crippen molar-refractivity contribution >= 4 is 34.9 Å². The third kappa shape index (κ3) is 4.97. The van der Waals surface area contributed by atoms with Gasteiger partial charge in [-0.2, -0.15) is 0 Å². The fourth-order valence-electron chi connectivity index (χ4n) is 2.97. The highest BCUT2D eigenvalue weighted by atomic mass is 35.5. The standard InChI is InChI=1S/C21H21Cl2NO4/c1-2-24(13-14-3-5-16(22)17(23)11-14)21(26)8-6-18(25)15-4-7-19-20(12-15)28-10-9-27-19/h3-5,7,11-12H,2,6,8-10,13H2,1H3. The van der Waals surface area contributed by atoms with Crippen molar-refractivity contribution < 1.29 is 19.1 Å². The average Bonchev–Trinajstić information content (AvgIpc) is 2.72. The normalized spacial score (nSPS) is 12.5. The minimum atomic E-state index is -0.101. The summed E-state index contributed by atoms with van der Waals surface area (Å²) in [6.07, 6.45) is 0.277. The van der Waals surface area contributed by atoms with Crippen molar-refractivity contribution in [3.8, 4) is 11.5 Å². The number of Topliss-reactive ketones (excluding diaryl/α,β-unsaturated/α-hetero) is 1. The van der Waals surface area contributed by atoms with Crippen LogP contribution in [0, 0.1) is 0 Å². The molecule has 1 aliphatic rings. The van der Waals surface area contributed by atoms with Crippen LogP contribution < -0.4 is 9.47 Å². The molecule has 0 saturated heterocycles. The summed E-state index contributed by atoms with van der Waals surface area (Å²) in [7, 11) is 0. The molecule has 0 spiro atoms. The summed E-state index contributed by atoms with van der Waals surface area (Å²) < 4.78 is 11.0. The van der Waals surface area contributed by atoms with Crippen molar-refractivity contribution in [1.82, 2.24) is 4.90 Å². The Kier molecular flexibility index (Phi) is 6.81. The first-order chi connectivity index (χ1) is 13.5. The van der Waals surface area contributed by atoms with E-state index in [-0.39, 0.29) is 24.5 Å². The number of carbonyl (C=O) groups excluding carboxylic acids is 2. The molecular formula is C21H21Cl2NO4. The highest BCUT2D eigenvalue weighted by molar-refractivity contribution is 6.42. The first-order valence-electron chi connectivity index (χ1n) is 9.12. The zero-order chi connectivity index (χ0) is 20.1. The van der Waals surface area contributed by atoms with E-state index in [4.69, 9.17) is 32.7 Å². The maximum atomic E-state index is 12.6. The smallest absolute Gasteiger partial charge is 0.223 e. The molecule has 0 fully saturated rings. The van der Waals surface area contributed by atoms with Crippen LogP contribution in [0.15, 0.2) is 36.4 Å². The van der Waals surface area contributed by atoms with Crippen LogP contribution in [0.3, 0.4) is 0 Å². The van der Waals surface area contributed by atoms with E-state index in [0.717, 1.165) is 5.56 Å². The molecule has 3 rings (SSSR count). The molecule has 0 unspecified atom stereocenters. The van der Waals surface area contributed by atoms with Crippen molar-refractivity contribution in [3.05, 3.63) is 57.6 Å². The number of amides is 1. The average molecular weight is 422 g/mol. The van der Waals surface area contributed by atoms with Crippen LogP contribution in [0.4, 0.5) is 0 Å². The van der Waals surface area contributed by atoms with E-state index in [2.05, 4.69) is 0 Å². The number of ether oxygens (including phenoxy) is 2. The van der Waals surface area contributed by atoms with E-state index >= 15 is 0 Å². The quantitative estimate of drug-likeness (QED) is 0.603. The predicted octanol–water partition coefficient (Wildman–Crippen LogP) is 4.78. The monoisotopic (exact) mass is 421 g/mol. The van der Waals surface area contributed by atoms with Crippen LogP contribution in [0.5, 0.6) is 11.5 Å². The van der Waals surface area contributed by atoms with Gasteiger partial charge >= 0.3 is 0 Å². The molecule has 7 heteroatoms. The third-order valence-electron chi connectivity index (χ3n) is 4.52. The molecule has 5 nitrogen and oxygen atoms in total. The van der Waals surface area contributed by atoms with Crippen molar-refractivity contribution in [3.63, 3.8) is 0 Å². The highest BCUT2D eigenvalue weighted by Gasteiger charge is 2.18. The number of ketones is 1. The Morgan fingerprint density at radius 2 is 1.71 bits per heavy atom. The minimum absolute atomic E-state index is 0.0838. The first-order valence-corrected chi connectivity index (χ1v) is 9.88. The van der Waals surface area contributed by atoms with Gasteiger partial charge in [-0.3, -0.25) is 9.59 Å². The van der Waals surface area contributed by atoms with Gasteiger partial charge in [0.25, 0.3) is 0 Å². The number of carbonyl (C=O) groups is 2.